The summed E-state index contributed by atoms with van der Waals surface area (Å²) in [6, 6.07) is 15.2. The minimum absolute atomic E-state index is 0.0215. The van der Waals surface area contributed by atoms with Gasteiger partial charge in [0.1, 0.15) is 0 Å². The third kappa shape index (κ3) is 2.83. The van der Waals surface area contributed by atoms with Gasteiger partial charge in [-0.25, -0.2) is 8.42 Å². The molecule has 0 bridgehead atoms. The fourth-order valence-electron chi connectivity index (χ4n) is 4.60. The zero-order valence-electron chi connectivity index (χ0n) is 15.2. The van der Waals surface area contributed by atoms with Gasteiger partial charge in [-0.1, -0.05) is 42.3 Å². The van der Waals surface area contributed by atoms with Crippen LogP contribution in [0.2, 0.25) is 0 Å². The van der Waals surface area contributed by atoms with Crippen LogP contribution in [-0.4, -0.2) is 21.0 Å². The van der Waals surface area contributed by atoms with Crippen molar-refractivity contribution in [2.45, 2.75) is 50.0 Å². The van der Waals surface area contributed by atoms with Gasteiger partial charge in [0.2, 0.25) is 0 Å². The minimum Gasteiger partial charge on any atom is -0.327 e. The molecule has 26 heavy (non-hydrogen) atoms. The number of hydrogen-bond acceptors (Lipinski definition) is 3. The molecule has 1 spiro atoms. The second kappa shape index (κ2) is 6.39. The van der Waals surface area contributed by atoms with Crippen molar-refractivity contribution >= 4 is 15.7 Å². The summed E-state index contributed by atoms with van der Waals surface area (Å²) in [5.74, 6) is 0. The molecule has 2 atom stereocenters. The van der Waals surface area contributed by atoms with Gasteiger partial charge in [0.25, 0.3) is 10.0 Å². The fourth-order valence-corrected chi connectivity index (χ4v) is 6.10. The lowest BCUT2D eigenvalue weighted by atomic mass is 9.75. The maximum absolute atomic E-state index is 13.4. The van der Waals surface area contributed by atoms with Gasteiger partial charge in [-0.3, -0.25) is 4.31 Å². The molecule has 1 aliphatic carbocycles. The van der Waals surface area contributed by atoms with E-state index in [0.29, 0.717) is 11.4 Å². The summed E-state index contributed by atoms with van der Waals surface area (Å²) in [6.07, 6.45) is 4.93. The second-order valence-electron chi connectivity index (χ2n) is 7.81. The van der Waals surface area contributed by atoms with E-state index in [4.69, 9.17) is 5.73 Å². The SMILES string of the molecule is Cc1ccc(S(=O)(=O)N2CCC3(CCCC3N)Cc3ccccc32)cc1. The molecule has 0 radical (unpaired) electrons. The highest BCUT2D eigenvalue weighted by Gasteiger charge is 2.44. The average Bonchev–Trinajstić information content (AvgIpc) is 2.87. The van der Waals surface area contributed by atoms with Crippen molar-refractivity contribution in [1.29, 1.82) is 0 Å². The van der Waals surface area contributed by atoms with Crippen molar-refractivity contribution < 1.29 is 8.42 Å². The Morgan fingerprint density at radius 1 is 1.08 bits per heavy atom. The molecule has 5 heteroatoms. The zero-order valence-corrected chi connectivity index (χ0v) is 16.0. The van der Waals surface area contributed by atoms with Crippen LogP contribution in [0.15, 0.2) is 53.4 Å². The molecule has 2 unspecified atom stereocenters. The third-order valence-electron chi connectivity index (χ3n) is 6.20. The summed E-state index contributed by atoms with van der Waals surface area (Å²) in [6.45, 7) is 2.45. The van der Waals surface area contributed by atoms with Gasteiger partial charge in [0.05, 0.1) is 10.6 Å². The molecule has 138 valence electrons. The Balaban J connectivity index is 1.79. The topological polar surface area (TPSA) is 63.4 Å². The molecule has 4 rings (SSSR count). The lowest BCUT2D eigenvalue weighted by Gasteiger charge is -2.32. The van der Waals surface area contributed by atoms with Gasteiger partial charge in [-0.2, -0.15) is 0 Å². The molecule has 2 aromatic rings. The Labute approximate surface area is 156 Å². The zero-order chi connectivity index (χ0) is 18.4. The number of sulfonamides is 1. The lowest BCUT2D eigenvalue weighted by molar-refractivity contribution is 0.244. The van der Waals surface area contributed by atoms with Crippen molar-refractivity contribution in [2.24, 2.45) is 11.1 Å². The smallest absolute Gasteiger partial charge is 0.264 e. The van der Waals surface area contributed by atoms with E-state index in [2.05, 4.69) is 6.07 Å². The molecule has 0 aromatic heterocycles. The van der Waals surface area contributed by atoms with Gasteiger partial charge < -0.3 is 5.73 Å². The first-order chi connectivity index (χ1) is 12.4. The van der Waals surface area contributed by atoms with Gasteiger partial charge in [-0.05, 0) is 61.8 Å². The third-order valence-corrected chi connectivity index (χ3v) is 8.03. The van der Waals surface area contributed by atoms with Crippen molar-refractivity contribution in [3.63, 3.8) is 0 Å². The van der Waals surface area contributed by atoms with E-state index < -0.39 is 10.0 Å². The Morgan fingerprint density at radius 2 is 1.81 bits per heavy atom. The Hall–Kier alpha value is -1.85. The van der Waals surface area contributed by atoms with Crippen LogP contribution in [0, 0.1) is 12.3 Å². The summed E-state index contributed by atoms with van der Waals surface area (Å²) in [5.41, 5.74) is 9.46. The summed E-state index contributed by atoms with van der Waals surface area (Å²) in [7, 11) is -3.59. The number of rotatable bonds is 2. The Kier molecular flexibility index (Phi) is 4.32. The molecule has 0 saturated heterocycles. The number of hydrogen-bond donors (Lipinski definition) is 1. The highest BCUT2D eigenvalue weighted by atomic mass is 32.2. The van der Waals surface area contributed by atoms with E-state index in [9.17, 15) is 8.42 Å². The van der Waals surface area contributed by atoms with Crippen LogP contribution in [0.3, 0.4) is 0 Å². The van der Waals surface area contributed by atoms with Crippen molar-refractivity contribution in [2.75, 3.05) is 10.8 Å². The quantitative estimate of drug-likeness (QED) is 0.878. The van der Waals surface area contributed by atoms with Crippen LogP contribution >= 0.6 is 0 Å². The minimum atomic E-state index is -3.59. The van der Waals surface area contributed by atoms with Crippen molar-refractivity contribution in [3.05, 3.63) is 59.7 Å². The number of nitrogens with two attached hydrogens (primary N) is 1. The van der Waals surface area contributed by atoms with Gasteiger partial charge in [0.15, 0.2) is 0 Å². The standard InChI is InChI=1S/C21H26N2O2S/c1-16-8-10-18(11-9-16)26(24,25)23-14-13-21(12-4-7-20(21)22)15-17-5-2-3-6-19(17)23/h2-3,5-6,8-11,20H,4,7,12-15,22H2,1H3. The Morgan fingerprint density at radius 3 is 2.50 bits per heavy atom. The van der Waals surface area contributed by atoms with Gasteiger partial charge >= 0.3 is 0 Å². The summed E-state index contributed by atoms with van der Waals surface area (Å²) in [5, 5.41) is 0. The molecule has 1 heterocycles. The predicted octanol–water partition coefficient (Wildman–Crippen LogP) is 3.63. The number of aryl methyl sites for hydroxylation is 1. The molecule has 2 N–H and O–H groups in total. The normalized spacial score (nSPS) is 25.9. The fraction of sp³-hybridized carbons (Fsp3) is 0.429. The number of para-hydroxylation sites is 1. The number of fused-ring (bicyclic) bond motifs is 1. The summed E-state index contributed by atoms with van der Waals surface area (Å²) >= 11 is 0. The van der Waals surface area contributed by atoms with E-state index in [1.807, 2.05) is 37.3 Å². The summed E-state index contributed by atoms with van der Waals surface area (Å²) in [4.78, 5) is 0.351. The number of benzene rings is 2. The predicted molar refractivity (Wildman–Crippen MR) is 105 cm³/mol. The maximum atomic E-state index is 13.4. The lowest BCUT2D eigenvalue weighted by Crippen LogP contribution is -2.40. The second-order valence-corrected chi connectivity index (χ2v) is 9.67. The van der Waals surface area contributed by atoms with Crippen molar-refractivity contribution in [3.8, 4) is 0 Å². The molecule has 1 fully saturated rings. The monoisotopic (exact) mass is 370 g/mol. The van der Waals surface area contributed by atoms with Gasteiger partial charge in [0, 0.05) is 12.6 Å². The molecular formula is C21H26N2O2S. The first-order valence-corrected chi connectivity index (χ1v) is 10.8. The van der Waals surface area contributed by atoms with Crippen LogP contribution in [0.5, 0.6) is 0 Å². The molecular weight excluding hydrogens is 344 g/mol. The first-order valence-electron chi connectivity index (χ1n) is 9.35. The largest absolute Gasteiger partial charge is 0.327 e. The van der Waals surface area contributed by atoms with E-state index in [0.717, 1.165) is 48.9 Å². The first kappa shape index (κ1) is 17.6. The molecule has 2 aliphatic rings. The molecule has 0 amide bonds. The van der Waals surface area contributed by atoms with Crippen LogP contribution in [0.1, 0.15) is 36.8 Å². The average molecular weight is 371 g/mol. The van der Waals surface area contributed by atoms with Crippen molar-refractivity contribution in [1.82, 2.24) is 0 Å². The maximum Gasteiger partial charge on any atom is 0.264 e. The molecule has 2 aromatic carbocycles. The molecule has 1 saturated carbocycles. The number of anilines is 1. The van der Waals surface area contributed by atoms with Crippen LogP contribution in [0.4, 0.5) is 5.69 Å². The van der Waals surface area contributed by atoms with Crippen LogP contribution in [0.25, 0.3) is 0 Å². The molecule has 4 nitrogen and oxygen atoms in total. The van der Waals surface area contributed by atoms with Gasteiger partial charge in [-0.15, -0.1) is 0 Å². The van der Waals surface area contributed by atoms with Crippen LogP contribution < -0.4 is 10.0 Å². The summed E-state index contributed by atoms with van der Waals surface area (Å²) < 4.78 is 28.4. The van der Waals surface area contributed by atoms with E-state index in [1.165, 1.54) is 0 Å². The van der Waals surface area contributed by atoms with E-state index in [1.54, 1.807) is 16.4 Å². The van der Waals surface area contributed by atoms with E-state index in [-0.39, 0.29) is 11.5 Å². The number of nitrogens with zero attached hydrogens (tertiary/aromatic N) is 1. The molecule has 1 aliphatic heterocycles. The highest BCUT2D eigenvalue weighted by Crippen LogP contribution is 2.47. The Bertz CT molecular complexity index is 908. The van der Waals surface area contributed by atoms with Crippen LogP contribution in [-0.2, 0) is 16.4 Å². The highest BCUT2D eigenvalue weighted by molar-refractivity contribution is 7.92. The van der Waals surface area contributed by atoms with E-state index >= 15 is 0 Å².